The average molecular weight is 306 g/mol. The molecule has 1 aliphatic rings. The molecule has 0 unspecified atom stereocenters. The largest absolute Gasteiger partial charge is 0.496 e. The first-order valence-electron chi connectivity index (χ1n) is 8.12. The van der Waals surface area contributed by atoms with Crippen LogP contribution in [0.3, 0.4) is 0 Å². The highest BCUT2D eigenvalue weighted by molar-refractivity contribution is 5.66. The van der Waals surface area contributed by atoms with Crippen molar-refractivity contribution in [3.05, 3.63) is 28.3 Å². The van der Waals surface area contributed by atoms with Crippen molar-refractivity contribution in [2.45, 2.75) is 52.0 Å². The number of hydrogen-bond acceptors (Lipinski definition) is 4. The number of rotatable bonds is 6. The highest BCUT2D eigenvalue weighted by Crippen LogP contribution is 2.36. The van der Waals surface area contributed by atoms with Gasteiger partial charge in [0.05, 0.1) is 18.1 Å². The molecule has 5 nitrogen and oxygen atoms in total. The van der Waals surface area contributed by atoms with Crippen LogP contribution in [0.15, 0.2) is 18.2 Å². The van der Waals surface area contributed by atoms with E-state index >= 15 is 0 Å². The van der Waals surface area contributed by atoms with Crippen LogP contribution in [-0.4, -0.2) is 24.6 Å². The van der Waals surface area contributed by atoms with Gasteiger partial charge in [0.1, 0.15) is 11.4 Å². The van der Waals surface area contributed by atoms with Gasteiger partial charge in [-0.1, -0.05) is 33.1 Å². The second kappa shape index (κ2) is 7.47. The van der Waals surface area contributed by atoms with Crippen LogP contribution in [0.1, 0.15) is 46.0 Å². The SMILES string of the molecule is COc1ccc(N(CC(C)C)C2CCCCC2)c([N+](=O)[O-])c1. The summed E-state index contributed by atoms with van der Waals surface area (Å²) in [6, 6.07) is 5.60. The zero-order chi connectivity index (χ0) is 16.1. The Hall–Kier alpha value is -1.78. The quantitative estimate of drug-likeness (QED) is 0.577. The number of nitro groups is 1. The van der Waals surface area contributed by atoms with Gasteiger partial charge in [-0.25, -0.2) is 0 Å². The Bertz CT molecular complexity index is 511. The molecule has 0 bridgehead atoms. The van der Waals surface area contributed by atoms with E-state index in [0.717, 1.165) is 25.1 Å². The lowest BCUT2D eigenvalue weighted by Crippen LogP contribution is -2.39. The Balaban J connectivity index is 2.39. The van der Waals surface area contributed by atoms with Crippen LogP contribution >= 0.6 is 0 Å². The third-order valence-electron chi connectivity index (χ3n) is 4.27. The van der Waals surface area contributed by atoms with Crippen molar-refractivity contribution in [1.82, 2.24) is 0 Å². The third kappa shape index (κ3) is 3.90. The van der Waals surface area contributed by atoms with Crippen molar-refractivity contribution in [3.63, 3.8) is 0 Å². The van der Waals surface area contributed by atoms with Crippen LogP contribution in [0.25, 0.3) is 0 Å². The molecule has 2 rings (SSSR count). The molecule has 122 valence electrons. The van der Waals surface area contributed by atoms with Gasteiger partial charge in [0.15, 0.2) is 0 Å². The maximum absolute atomic E-state index is 11.5. The molecular weight excluding hydrogens is 280 g/mol. The molecule has 0 heterocycles. The fourth-order valence-corrected chi connectivity index (χ4v) is 3.25. The van der Waals surface area contributed by atoms with Gasteiger partial charge in [0.2, 0.25) is 0 Å². The normalized spacial score (nSPS) is 15.8. The second-order valence-electron chi connectivity index (χ2n) is 6.45. The topological polar surface area (TPSA) is 55.6 Å². The Morgan fingerprint density at radius 3 is 2.55 bits per heavy atom. The predicted octanol–water partition coefficient (Wildman–Crippen LogP) is 4.40. The molecule has 1 saturated carbocycles. The van der Waals surface area contributed by atoms with Crippen molar-refractivity contribution in [3.8, 4) is 5.75 Å². The number of nitrogens with zero attached hydrogens (tertiary/aromatic N) is 2. The molecule has 0 saturated heterocycles. The Labute approximate surface area is 132 Å². The third-order valence-corrected chi connectivity index (χ3v) is 4.27. The van der Waals surface area contributed by atoms with E-state index in [-0.39, 0.29) is 10.6 Å². The number of hydrogen-bond donors (Lipinski definition) is 0. The Morgan fingerprint density at radius 2 is 2.00 bits per heavy atom. The standard InChI is InChI=1S/C17H26N2O3/c1-13(2)12-18(14-7-5-4-6-8-14)16-10-9-15(22-3)11-17(16)19(20)21/h9-11,13-14H,4-8,12H2,1-3H3. The van der Waals surface area contributed by atoms with E-state index < -0.39 is 0 Å². The van der Waals surface area contributed by atoms with Crippen LogP contribution < -0.4 is 9.64 Å². The zero-order valence-electron chi connectivity index (χ0n) is 13.7. The monoisotopic (exact) mass is 306 g/mol. The van der Waals surface area contributed by atoms with E-state index in [2.05, 4.69) is 18.7 Å². The predicted molar refractivity (Wildman–Crippen MR) is 88.7 cm³/mol. The Morgan fingerprint density at radius 1 is 1.32 bits per heavy atom. The molecule has 0 aliphatic heterocycles. The summed E-state index contributed by atoms with van der Waals surface area (Å²) < 4.78 is 5.14. The molecule has 0 spiro atoms. The number of methoxy groups -OCH3 is 1. The lowest BCUT2D eigenvalue weighted by Gasteiger charge is -2.37. The van der Waals surface area contributed by atoms with Crippen molar-refractivity contribution >= 4 is 11.4 Å². The minimum absolute atomic E-state index is 0.144. The summed E-state index contributed by atoms with van der Waals surface area (Å²) in [7, 11) is 1.53. The van der Waals surface area contributed by atoms with Crippen LogP contribution in [0.5, 0.6) is 5.75 Å². The fourth-order valence-electron chi connectivity index (χ4n) is 3.25. The maximum atomic E-state index is 11.5. The smallest absolute Gasteiger partial charge is 0.296 e. The summed E-state index contributed by atoms with van der Waals surface area (Å²) in [6.45, 7) is 5.16. The Kier molecular flexibility index (Phi) is 5.63. The first-order valence-corrected chi connectivity index (χ1v) is 8.12. The van der Waals surface area contributed by atoms with Crippen LogP contribution in [-0.2, 0) is 0 Å². The maximum Gasteiger partial charge on any atom is 0.296 e. The van der Waals surface area contributed by atoms with E-state index in [0.29, 0.717) is 17.7 Å². The van der Waals surface area contributed by atoms with Crippen molar-refractivity contribution in [2.75, 3.05) is 18.6 Å². The van der Waals surface area contributed by atoms with Crippen LogP contribution in [0.2, 0.25) is 0 Å². The van der Waals surface area contributed by atoms with Gasteiger partial charge in [0.25, 0.3) is 5.69 Å². The summed E-state index contributed by atoms with van der Waals surface area (Å²) >= 11 is 0. The molecular formula is C17H26N2O3. The van der Waals surface area contributed by atoms with Gasteiger partial charge in [0, 0.05) is 12.6 Å². The van der Waals surface area contributed by atoms with E-state index in [1.165, 1.54) is 32.4 Å². The average Bonchev–Trinajstić information content (AvgIpc) is 2.52. The summed E-state index contributed by atoms with van der Waals surface area (Å²) in [5.41, 5.74) is 0.872. The lowest BCUT2D eigenvalue weighted by atomic mass is 9.93. The van der Waals surface area contributed by atoms with Gasteiger partial charge in [-0.3, -0.25) is 10.1 Å². The molecule has 5 heteroatoms. The van der Waals surface area contributed by atoms with Gasteiger partial charge in [-0.05, 0) is 30.9 Å². The van der Waals surface area contributed by atoms with E-state index in [4.69, 9.17) is 4.74 Å². The van der Waals surface area contributed by atoms with Crippen molar-refractivity contribution in [2.24, 2.45) is 5.92 Å². The van der Waals surface area contributed by atoms with E-state index in [1.807, 2.05) is 12.1 Å². The van der Waals surface area contributed by atoms with Crippen LogP contribution in [0.4, 0.5) is 11.4 Å². The first kappa shape index (κ1) is 16.6. The zero-order valence-corrected chi connectivity index (χ0v) is 13.7. The van der Waals surface area contributed by atoms with Gasteiger partial charge in [-0.15, -0.1) is 0 Å². The van der Waals surface area contributed by atoms with Gasteiger partial charge < -0.3 is 9.64 Å². The van der Waals surface area contributed by atoms with E-state index in [1.54, 1.807) is 0 Å². The molecule has 0 amide bonds. The highest BCUT2D eigenvalue weighted by Gasteiger charge is 2.27. The summed E-state index contributed by atoms with van der Waals surface area (Å²) in [5.74, 6) is 0.993. The second-order valence-corrected chi connectivity index (χ2v) is 6.45. The number of anilines is 1. The van der Waals surface area contributed by atoms with Crippen molar-refractivity contribution in [1.29, 1.82) is 0 Å². The highest BCUT2D eigenvalue weighted by atomic mass is 16.6. The van der Waals surface area contributed by atoms with Crippen LogP contribution in [0, 0.1) is 16.0 Å². The molecule has 0 radical (unpaired) electrons. The molecule has 1 aromatic carbocycles. The minimum Gasteiger partial charge on any atom is -0.496 e. The van der Waals surface area contributed by atoms with Crippen molar-refractivity contribution < 1.29 is 9.66 Å². The fraction of sp³-hybridized carbons (Fsp3) is 0.647. The summed E-state index contributed by atoms with van der Waals surface area (Å²) in [6.07, 6.45) is 5.94. The molecule has 0 aromatic heterocycles. The molecule has 1 fully saturated rings. The number of nitro benzene ring substituents is 1. The molecule has 0 N–H and O–H groups in total. The van der Waals surface area contributed by atoms with E-state index in [9.17, 15) is 10.1 Å². The first-order chi connectivity index (χ1) is 10.5. The van der Waals surface area contributed by atoms with Gasteiger partial charge >= 0.3 is 0 Å². The number of benzene rings is 1. The minimum atomic E-state index is -0.298. The van der Waals surface area contributed by atoms with Gasteiger partial charge in [-0.2, -0.15) is 0 Å². The summed E-state index contributed by atoms with van der Waals surface area (Å²) in [5, 5.41) is 11.5. The number of ether oxygens (including phenoxy) is 1. The molecule has 22 heavy (non-hydrogen) atoms. The molecule has 0 atom stereocenters. The molecule has 1 aromatic rings. The molecule has 1 aliphatic carbocycles. The lowest BCUT2D eigenvalue weighted by molar-refractivity contribution is -0.384. The summed E-state index contributed by atoms with van der Waals surface area (Å²) in [4.78, 5) is 13.4.